The van der Waals surface area contributed by atoms with Gasteiger partial charge in [-0.1, -0.05) is 18.2 Å². The lowest BCUT2D eigenvalue weighted by Crippen LogP contribution is -2.43. The van der Waals surface area contributed by atoms with Crippen LogP contribution < -0.4 is 4.74 Å². The van der Waals surface area contributed by atoms with Crippen LogP contribution in [0.5, 0.6) is 5.75 Å². The van der Waals surface area contributed by atoms with E-state index in [-0.39, 0.29) is 36.2 Å². The van der Waals surface area contributed by atoms with E-state index < -0.39 is 22.5 Å². The zero-order valence-corrected chi connectivity index (χ0v) is 16.3. The summed E-state index contributed by atoms with van der Waals surface area (Å²) in [7, 11) is 0. The molecular weight excluding hydrogens is 378 g/mol. The second-order valence-electron chi connectivity index (χ2n) is 6.26. The smallest absolute Gasteiger partial charge is 0.344 e. The minimum atomic E-state index is -1.61. The Hall–Kier alpha value is -3.49. The lowest BCUT2D eigenvalue weighted by atomic mass is 9.89. The van der Waals surface area contributed by atoms with Gasteiger partial charge in [0.1, 0.15) is 12.3 Å². The third-order valence-corrected chi connectivity index (χ3v) is 4.50. The normalized spacial score (nSPS) is 20.5. The monoisotopic (exact) mass is 399 g/mol. The van der Waals surface area contributed by atoms with E-state index >= 15 is 0 Å². The lowest BCUT2D eigenvalue weighted by Gasteiger charge is -2.26. The average molecular weight is 399 g/mol. The number of nitrogens with zero attached hydrogens (tertiary/aromatic N) is 3. The van der Waals surface area contributed by atoms with Gasteiger partial charge in [0.2, 0.25) is 17.2 Å². The largest absolute Gasteiger partial charge is 0.487 e. The van der Waals surface area contributed by atoms with Crippen LogP contribution in [-0.2, 0) is 19.8 Å². The molecule has 9 heteroatoms. The second-order valence-corrected chi connectivity index (χ2v) is 6.26. The van der Waals surface area contributed by atoms with Gasteiger partial charge >= 0.3 is 11.7 Å². The molecule has 0 amide bonds. The van der Waals surface area contributed by atoms with Gasteiger partial charge in [0.05, 0.1) is 23.8 Å². The van der Waals surface area contributed by atoms with E-state index in [4.69, 9.17) is 14.2 Å². The van der Waals surface area contributed by atoms with Crippen LogP contribution in [0.2, 0.25) is 0 Å². The number of esters is 1. The first kappa shape index (κ1) is 20.2. The predicted molar refractivity (Wildman–Crippen MR) is 104 cm³/mol. The quantitative estimate of drug-likeness (QED) is 0.399. The number of hydrogen-bond acceptors (Lipinski definition) is 8. The average Bonchev–Trinajstić information content (AvgIpc) is 3.07. The Morgan fingerprint density at radius 1 is 1.28 bits per heavy atom. The highest BCUT2D eigenvalue weighted by molar-refractivity contribution is 5.99. The van der Waals surface area contributed by atoms with E-state index in [9.17, 15) is 14.9 Å². The van der Waals surface area contributed by atoms with Gasteiger partial charge in [0.25, 0.3) is 0 Å². The van der Waals surface area contributed by atoms with Crippen molar-refractivity contribution in [1.29, 1.82) is 0 Å². The molecule has 2 aromatic rings. The number of rotatable bonds is 7. The van der Waals surface area contributed by atoms with Crippen molar-refractivity contribution >= 4 is 17.6 Å². The molecule has 1 aromatic heterocycles. The van der Waals surface area contributed by atoms with Crippen molar-refractivity contribution in [3.05, 3.63) is 64.0 Å². The molecule has 0 radical (unpaired) electrons. The summed E-state index contributed by atoms with van der Waals surface area (Å²) in [5, 5.41) is 11.3. The zero-order chi connectivity index (χ0) is 21.0. The molecule has 3 rings (SSSR count). The van der Waals surface area contributed by atoms with E-state index in [1.54, 1.807) is 20.8 Å². The van der Waals surface area contributed by atoms with Gasteiger partial charge in [0, 0.05) is 11.6 Å². The molecule has 0 saturated heterocycles. The molecule has 0 bridgehead atoms. The summed E-state index contributed by atoms with van der Waals surface area (Å²) in [5.74, 6) is -0.381. The zero-order valence-electron chi connectivity index (χ0n) is 16.3. The Morgan fingerprint density at radius 3 is 2.62 bits per heavy atom. The lowest BCUT2D eigenvalue weighted by molar-refractivity contribution is -0.386. The Bertz CT molecular complexity index is 946. The van der Waals surface area contributed by atoms with Gasteiger partial charge in [-0.05, 0) is 32.9 Å². The van der Waals surface area contributed by atoms with Crippen molar-refractivity contribution in [2.75, 3.05) is 13.2 Å². The van der Waals surface area contributed by atoms with Crippen LogP contribution in [-0.4, -0.2) is 41.1 Å². The van der Waals surface area contributed by atoms with E-state index in [1.807, 2.05) is 30.3 Å². The first-order chi connectivity index (χ1) is 13.9. The summed E-state index contributed by atoms with van der Waals surface area (Å²) in [6.45, 7) is 5.41. The third-order valence-electron chi connectivity index (χ3n) is 4.50. The third kappa shape index (κ3) is 3.63. The summed E-state index contributed by atoms with van der Waals surface area (Å²) in [4.78, 5) is 32.5. The molecule has 2 heterocycles. The summed E-state index contributed by atoms with van der Waals surface area (Å²) in [5.41, 5.74) is -1.06. The highest BCUT2D eigenvalue weighted by atomic mass is 16.6. The highest BCUT2D eigenvalue weighted by Gasteiger charge is 2.55. The van der Waals surface area contributed by atoms with E-state index in [0.717, 1.165) is 6.20 Å². The Balaban J connectivity index is 2.18. The van der Waals surface area contributed by atoms with Crippen LogP contribution in [0.25, 0.3) is 0 Å². The number of carbonyl (C=O) groups excluding carboxylic acids is 1. The number of aromatic nitrogens is 1. The van der Waals surface area contributed by atoms with Crippen molar-refractivity contribution in [2.24, 2.45) is 4.99 Å². The Morgan fingerprint density at radius 2 is 2.00 bits per heavy atom. The number of ether oxygens (including phenoxy) is 3. The molecule has 0 spiro atoms. The molecule has 152 valence electrons. The van der Waals surface area contributed by atoms with Crippen molar-refractivity contribution in [2.45, 2.75) is 32.4 Å². The molecule has 0 unspecified atom stereocenters. The van der Waals surface area contributed by atoms with Crippen molar-refractivity contribution in [1.82, 2.24) is 4.98 Å². The molecule has 29 heavy (non-hydrogen) atoms. The maximum atomic E-state index is 13.0. The SMILES string of the molecule is CCOC(=O)[C@]1(c2cc(OCC)c([N+](=O)[O-])cn2)N=C(c2ccccc2)O[C@@H]1C. The van der Waals surface area contributed by atoms with E-state index in [0.29, 0.717) is 5.56 Å². The number of carbonyl (C=O) groups is 1. The minimum absolute atomic E-state index is 0.00161. The number of hydrogen-bond donors (Lipinski definition) is 0. The summed E-state index contributed by atoms with van der Waals surface area (Å²) < 4.78 is 16.6. The van der Waals surface area contributed by atoms with Crippen molar-refractivity contribution in [3.8, 4) is 5.75 Å². The number of aliphatic imine (C=N–C) groups is 1. The fraction of sp³-hybridized carbons (Fsp3) is 0.350. The van der Waals surface area contributed by atoms with Crippen LogP contribution in [0, 0.1) is 10.1 Å². The van der Waals surface area contributed by atoms with Crippen LogP contribution in [0.1, 0.15) is 32.0 Å². The maximum absolute atomic E-state index is 13.0. The van der Waals surface area contributed by atoms with E-state index in [2.05, 4.69) is 9.98 Å². The van der Waals surface area contributed by atoms with E-state index in [1.165, 1.54) is 6.07 Å². The molecule has 1 aliphatic rings. The fourth-order valence-electron chi connectivity index (χ4n) is 3.11. The van der Waals surface area contributed by atoms with Crippen molar-refractivity contribution < 1.29 is 23.9 Å². The molecule has 0 fully saturated rings. The Kier molecular flexibility index (Phi) is 5.76. The molecule has 0 saturated carbocycles. The fourth-order valence-corrected chi connectivity index (χ4v) is 3.11. The highest BCUT2D eigenvalue weighted by Crippen LogP contribution is 2.40. The number of benzene rings is 1. The standard InChI is InChI=1S/C20H21N3O6/c1-4-27-16-11-17(21-12-15(16)23(25)26)20(19(24)28-5-2)13(3)29-18(22-20)14-9-7-6-8-10-14/h6-13H,4-5H2,1-3H3/t13-,20+/m1/s1. The summed E-state index contributed by atoms with van der Waals surface area (Å²) in [6.07, 6.45) is 0.310. The van der Waals surface area contributed by atoms with Crippen LogP contribution in [0.15, 0.2) is 47.6 Å². The number of pyridine rings is 1. The van der Waals surface area contributed by atoms with Crippen molar-refractivity contribution in [3.63, 3.8) is 0 Å². The first-order valence-corrected chi connectivity index (χ1v) is 9.20. The van der Waals surface area contributed by atoms with Gasteiger partial charge < -0.3 is 14.2 Å². The van der Waals surface area contributed by atoms with Crippen LogP contribution in [0.3, 0.4) is 0 Å². The minimum Gasteiger partial charge on any atom is -0.487 e. The molecule has 1 aromatic carbocycles. The predicted octanol–water partition coefficient (Wildman–Crippen LogP) is 3.01. The molecule has 1 aliphatic heterocycles. The molecule has 0 aliphatic carbocycles. The summed E-state index contributed by atoms with van der Waals surface area (Å²) >= 11 is 0. The first-order valence-electron chi connectivity index (χ1n) is 9.20. The number of nitro groups is 1. The van der Waals surface area contributed by atoms with Gasteiger partial charge in [0.15, 0.2) is 0 Å². The van der Waals surface area contributed by atoms with Gasteiger partial charge in [-0.25, -0.2) is 9.79 Å². The second kappa shape index (κ2) is 8.26. The molecule has 2 atom stereocenters. The molecule has 0 N–H and O–H groups in total. The molecular formula is C20H21N3O6. The topological polar surface area (TPSA) is 113 Å². The van der Waals surface area contributed by atoms with Crippen LogP contribution >= 0.6 is 0 Å². The van der Waals surface area contributed by atoms with Gasteiger partial charge in [-0.2, -0.15) is 0 Å². The summed E-state index contributed by atoms with van der Waals surface area (Å²) in [6, 6.07) is 10.5. The van der Waals surface area contributed by atoms with Crippen LogP contribution in [0.4, 0.5) is 5.69 Å². The van der Waals surface area contributed by atoms with Gasteiger partial charge in [-0.15, -0.1) is 0 Å². The Labute approximate surface area is 167 Å². The molecule has 9 nitrogen and oxygen atoms in total. The maximum Gasteiger partial charge on any atom is 0.344 e. The van der Waals surface area contributed by atoms with Gasteiger partial charge in [-0.3, -0.25) is 15.1 Å².